The van der Waals surface area contributed by atoms with Crippen molar-refractivity contribution in [3.8, 4) is 0 Å². The van der Waals surface area contributed by atoms with Crippen molar-refractivity contribution in [3.63, 3.8) is 0 Å². The number of carbonyl (C=O) groups is 1. The van der Waals surface area contributed by atoms with Gasteiger partial charge < -0.3 is 10.6 Å². The van der Waals surface area contributed by atoms with Crippen LogP contribution in [0, 0.1) is 5.82 Å². The Balaban J connectivity index is 2.30. The maximum Gasteiger partial charge on any atom is 0.238 e. The van der Waals surface area contributed by atoms with Crippen LogP contribution in [0.5, 0.6) is 0 Å². The molecule has 0 heterocycles. The van der Waals surface area contributed by atoms with Crippen molar-refractivity contribution in [1.29, 1.82) is 0 Å². The fourth-order valence-corrected chi connectivity index (χ4v) is 1.60. The molecule has 0 aromatic heterocycles. The van der Waals surface area contributed by atoms with Crippen LogP contribution in [0.25, 0.3) is 0 Å². The predicted molar refractivity (Wildman–Crippen MR) is 71.4 cm³/mol. The minimum atomic E-state index is -0.901. The van der Waals surface area contributed by atoms with Gasteiger partial charge in [-0.15, -0.1) is 0 Å². The van der Waals surface area contributed by atoms with E-state index in [0.29, 0.717) is 12.2 Å². The lowest BCUT2D eigenvalue weighted by Crippen LogP contribution is -2.34. The lowest BCUT2D eigenvalue weighted by Gasteiger charge is -2.10. The van der Waals surface area contributed by atoms with Gasteiger partial charge in [0.25, 0.3) is 0 Å². The number of rotatable bonds is 6. The van der Waals surface area contributed by atoms with E-state index in [4.69, 9.17) is 0 Å². The number of nitrogens with one attached hydrogen (secondary N) is 2. The molecule has 18 heavy (non-hydrogen) atoms. The second-order valence-corrected chi connectivity index (χ2v) is 5.80. The van der Waals surface area contributed by atoms with Gasteiger partial charge in [-0.05, 0) is 31.2 Å². The summed E-state index contributed by atoms with van der Waals surface area (Å²) in [6.07, 6.45) is 1.63. The van der Waals surface area contributed by atoms with Gasteiger partial charge in [-0.25, -0.2) is 4.39 Å². The summed E-state index contributed by atoms with van der Waals surface area (Å²) in [6.45, 7) is 2.50. The van der Waals surface area contributed by atoms with Gasteiger partial charge in [0, 0.05) is 34.5 Å². The minimum Gasteiger partial charge on any atom is -0.325 e. The summed E-state index contributed by atoms with van der Waals surface area (Å²) >= 11 is 0. The van der Waals surface area contributed by atoms with Crippen LogP contribution in [-0.4, -0.2) is 34.7 Å². The maximum absolute atomic E-state index is 12.6. The van der Waals surface area contributed by atoms with Crippen molar-refractivity contribution < 1.29 is 13.4 Å². The maximum atomic E-state index is 12.6. The van der Waals surface area contributed by atoms with Crippen LogP contribution in [0.3, 0.4) is 0 Å². The monoisotopic (exact) mass is 272 g/mol. The largest absolute Gasteiger partial charge is 0.325 e. The van der Waals surface area contributed by atoms with Crippen molar-refractivity contribution in [2.75, 3.05) is 24.7 Å². The van der Waals surface area contributed by atoms with E-state index in [-0.39, 0.29) is 23.5 Å². The normalized spacial score (nSPS) is 13.9. The summed E-state index contributed by atoms with van der Waals surface area (Å²) < 4.78 is 23.7. The number of hydrogen-bond acceptors (Lipinski definition) is 3. The highest BCUT2D eigenvalue weighted by Crippen LogP contribution is 2.07. The van der Waals surface area contributed by atoms with Crippen molar-refractivity contribution in [3.05, 3.63) is 30.1 Å². The van der Waals surface area contributed by atoms with Crippen LogP contribution in [0.1, 0.15) is 6.92 Å². The quantitative estimate of drug-likeness (QED) is 0.816. The first-order valence-corrected chi connectivity index (χ1v) is 7.19. The van der Waals surface area contributed by atoms with E-state index < -0.39 is 10.8 Å². The molecule has 0 spiro atoms. The van der Waals surface area contributed by atoms with E-state index >= 15 is 0 Å². The highest BCUT2D eigenvalue weighted by Gasteiger charge is 2.07. The number of anilines is 1. The number of halogens is 1. The Kier molecular flexibility index (Phi) is 5.94. The molecule has 0 bridgehead atoms. The summed E-state index contributed by atoms with van der Waals surface area (Å²) in [5, 5.41) is 5.55. The molecule has 0 aliphatic carbocycles. The third-order valence-electron chi connectivity index (χ3n) is 2.41. The molecule has 0 radical (unpaired) electrons. The first-order chi connectivity index (χ1) is 8.49. The zero-order valence-corrected chi connectivity index (χ0v) is 11.2. The fraction of sp³-hybridized carbons (Fsp3) is 0.417. The lowest BCUT2D eigenvalue weighted by molar-refractivity contribution is -0.115. The third kappa shape index (κ3) is 5.37. The van der Waals surface area contributed by atoms with Crippen LogP contribution >= 0.6 is 0 Å². The average Bonchev–Trinajstić information content (AvgIpc) is 2.32. The van der Waals surface area contributed by atoms with Gasteiger partial charge in [0.15, 0.2) is 0 Å². The molecule has 1 rings (SSSR count). The van der Waals surface area contributed by atoms with Crippen molar-refractivity contribution in [2.24, 2.45) is 0 Å². The molecule has 0 saturated heterocycles. The molecule has 4 nitrogen and oxygen atoms in total. The van der Waals surface area contributed by atoms with E-state index in [1.165, 1.54) is 24.3 Å². The van der Waals surface area contributed by atoms with E-state index in [1.54, 1.807) is 6.26 Å². The van der Waals surface area contributed by atoms with Gasteiger partial charge in [0.2, 0.25) is 5.91 Å². The molecule has 1 aromatic carbocycles. The van der Waals surface area contributed by atoms with Crippen molar-refractivity contribution in [2.45, 2.75) is 12.2 Å². The number of benzene rings is 1. The van der Waals surface area contributed by atoms with Crippen LogP contribution in [0.15, 0.2) is 24.3 Å². The molecule has 0 aliphatic heterocycles. The average molecular weight is 272 g/mol. The van der Waals surface area contributed by atoms with Gasteiger partial charge >= 0.3 is 0 Å². The molecule has 0 fully saturated rings. The Labute approximate surface area is 108 Å². The molecule has 0 aliphatic rings. The number of amides is 1. The Bertz CT molecular complexity index is 423. The molecular weight excluding hydrogens is 255 g/mol. The molecule has 0 saturated carbocycles. The van der Waals surface area contributed by atoms with E-state index in [0.717, 1.165) is 0 Å². The summed E-state index contributed by atoms with van der Waals surface area (Å²) in [6, 6.07) is 5.56. The Morgan fingerprint density at radius 3 is 2.56 bits per heavy atom. The van der Waals surface area contributed by atoms with E-state index in [2.05, 4.69) is 10.6 Å². The second kappa shape index (κ2) is 7.23. The third-order valence-corrected chi connectivity index (χ3v) is 3.71. The van der Waals surface area contributed by atoms with Gasteiger partial charge in [-0.3, -0.25) is 9.00 Å². The smallest absolute Gasteiger partial charge is 0.238 e. The van der Waals surface area contributed by atoms with Gasteiger partial charge in [0.1, 0.15) is 5.82 Å². The van der Waals surface area contributed by atoms with E-state index in [1.807, 2.05) is 6.92 Å². The summed E-state index contributed by atoms with van der Waals surface area (Å²) in [5.41, 5.74) is 0.551. The number of carbonyl (C=O) groups excluding carboxylic acids is 1. The van der Waals surface area contributed by atoms with Gasteiger partial charge in [0.05, 0.1) is 6.54 Å². The zero-order chi connectivity index (χ0) is 13.5. The van der Waals surface area contributed by atoms with Crippen molar-refractivity contribution >= 4 is 22.4 Å². The first kappa shape index (κ1) is 14.8. The minimum absolute atomic E-state index is 0.00335. The second-order valence-electron chi connectivity index (χ2n) is 4.00. The first-order valence-electron chi connectivity index (χ1n) is 5.57. The fourth-order valence-electron chi connectivity index (χ4n) is 1.24. The summed E-state index contributed by atoms with van der Waals surface area (Å²) in [7, 11) is -0.901. The molecule has 2 atom stereocenters. The van der Waals surface area contributed by atoms with Gasteiger partial charge in [-0.1, -0.05) is 0 Å². The molecular formula is C12H17FN2O2S. The van der Waals surface area contributed by atoms with Gasteiger partial charge in [-0.2, -0.15) is 0 Å². The molecule has 2 N–H and O–H groups in total. The molecule has 6 heteroatoms. The Morgan fingerprint density at radius 1 is 1.39 bits per heavy atom. The topological polar surface area (TPSA) is 58.2 Å². The molecule has 2 unspecified atom stereocenters. The SMILES string of the molecule is CC(CNCC(=O)Nc1ccc(F)cc1)S(C)=O. The standard InChI is InChI=1S/C12H17FN2O2S/c1-9(18(2)17)7-14-8-12(16)15-11-5-3-10(13)4-6-11/h3-6,9,14H,7-8H2,1-2H3,(H,15,16). The van der Waals surface area contributed by atoms with Crippen LogP contribution in [0.2, 0.25) is 0 Å². The molecule has 1 aromatic rings. The lowest BCUT2D eigenvalue weighted by atomic mass is 10.3. The Morgan fingerprint density at radius 2 is 2.00 bits per heavy atom. The highest BCUT2D eigenvalue weighted by molar-refractivity contribution is 7.84. The van der Waals surface area contributed by atoms with Crippen LogP contribution < -0.4 is 10.6 Å². The van der Waals surface area contributed by atoms with Crippen LogP contribution in [-0.2, 0) is 15.6 Å². The predicted octanol–water partition coefficient (Wildman–Crippen LogP) is 1.12. The Hall–Kier alpha value is -1.27. The van der Waals surface area contributed by atoms with E-state index in [9.17, 15) is 13.4 Å². The molecule has 100 valence electrons. The number of hydrogen-bond donors (Lipinski definition) is 2. The summed E-state index contributed by atoms with van der Waals surface area (Å²) in [4.78, 5) is 11.5. The summed E-state index contributed by atoms with van der Waals surface area (Å²) in [5.74, 6) is -0.555. The highest BCUT2D eigenvalue weighted by atomic mass is 32.2. The van der Waals surface area contributed by atoms with Crippen LogP contribution in [0.4, 0.5) is 10.1 Å². The molecule has 1 amide bonds. The van der Waals surface area contributed by atoms with Crippen molar-refractivity contribution in [1.82, 2.24) is 5.32 Å². The zero-order valence-electron chi connectivity index (χ0n) is 10.4.